The molecule has 0 aliphatic rings. The fourth-order valence-corrected chi connectivity index (χ4v) is 2.48. The summed E-state index contributed by atoms with van der Waals surface area (Å²) in [6.45, 7) is 0.367. The Hall–Kier alpha value is -3.26. The van der Waals surface area contributed by atoms with Gasteiger partial charge in [-0.3, -0.25) is 4.98 Å². The highest BCUT2D eigenvalue weighted by molar-refractivity contribution is 5.93. The van der Waals surface area contributed by atoms with Gasteiger partial charge in [-0.05, 0) is 12.1 Å². The number of pyridine rings is 1. The minimum Gasteiger partial charge on any atom is -0.504 e. The molecule has 0 saturated heterocycles. The zero-order chi connectivity index (χ0) is 16.2. The van der Waals surface area contributed by atoms with Gasteiger partial charge in [-0.25, -0.2) is 0 Å². The van der Waals surface area contributed by atoms with Gasteiger partial charge in [0.1, 0.15) is 6.07 Å². The number of methoxy groups -OCH3 is 1. The quantitative estimate of drug-likeness (QED) is 0.772. The topological polar surface area (TPSA) is 78.2 Å². The van der Waals surface area contributed by atoms with E-state index in [1.807, 2.05) is 30.3 Å². The van der Waals surface area contributed by atoms with Crippen LogP contribution in [0.5, 0.6) is 11.5 Å². The highest BCUT2D eigenvalue weighted by atomic mass is 16.5. The molecular weight excluding hydrogens is 290 g/mol. The van der Waals surface area contributed by atoms with E-state index >= 15 is 0 Å². The number of phenolic OH excluding ortho intramolecular Hbond substituents is 1. The summed E-state index contributed by atoms with van der Waals surface area (Å²) in [5, 5.41) is 23.6. The zero-order valence-electron chi connectivity index (χ0n) is 12.6. The SMILES string of the molecule is COc1cccc(CNc2c(C#N)cnc3ccccc23)c1O. The van der Waals surface area contributed by atoms with Crippen molar-refractivity contribution in [3.05, 3.63) is 59.8 Å². The van der Waals surface area contributed by atoms with Crippen LogP contribution in [0.15, 0.2) is 48.7 Å². The molecule has 5 nitrogen and oxygen atoms in total. The lowest BCUT2D eigenvalue weighted by Gasteiger charge is -2.13. The Labute approximate surface area is 133 Å². The predicted octanol–water partition coefficient (Wildman–Crippen LogP) is 3.43. The molecule has 0 saturated carbocycles. The highest BCUT2D eigenvalue weighted by Gasteiger charge is 2.11. The molecule has 5 heteroatoms. The molecule has 0 aliphatic carbocycles. The standard InChI is InChI=1S/C18H15N3O2/c1-23-16-8-4-5-12(18(16)22)10-21-17-13(9-19)11-20-15-7-3-2-6-14(15)17/h2-8,11,22H,10H2,1H3,(H,20,21). The minimum absolute atomic E-state index is 0.0966. The molecule has 23 heavy (non-hydrogen) atoms. The van der Waals surface area contributed by atoms with Gasteiger partial charge in [0, 0.05) is 23.7 Å². The fraction of sp³-hybridized carbons (Fsp3) is 0.111. The molecule has 114 valence electrons. The van der Waals surface area contributed by atoms with Gasteiger partial charge in [0.25, 0.3) is 0 Å². The Bertz CT molecular complexity index is 900. The molecule has 2 aromatic carbocycles. The second-order valence-corrected chi connectivity index (χ2v) is 5.00. The number of fused-ring (bicyclic) bond motifs is 1. The number of benzene rings is 2. The maximum atomic E-state index is 10.2. The van der Waals surface area contributed by atoms with Crippen molar-refractivity contribution in [1.29, 1.82) is 5.26 Å². The van der Waals surface area contributed by atoms with Gasteiger partial charge in [0.15, 0.2) is 11.5 Å². The van der Waals surface area contributed by atoms with E-state index in [-0.39, 0.29) is 5.75 Å². The van der Waals surface area contributed by atoms with Crippen LogP contribution in [0.1, 0.15) is 11.1 Å². The molecule has 3 rings (SSSR count). The van der Waals surface area contributed by atoms with Crippen LogP contribution in [-0.2, 0) is 6.54 Å². The van der Waals surface area contributed by atoms with Crippen LogP contribution < -0.4 is 10.1 Å². The lowest BCUT2D eigenvalue weighted by atomic mass is 10.1. The van der Waals surface area contributed by atoms with Gasteiger partial charge < -0.3 is 15.2 Å². The Morgan fingerprint density at radius 3 is 2.83 bits per heavy atom. The molecule has 0 aliphatic heterocycles. The van der Waals surface area contributed by atoms with Crippen LogP contribution in [0.25, 0.3) is 10.9 Å². The van der Waals surface area contributed by atoms with Crippen molar-refractivity contribution in [1.82, 2.24) is 4.98 Å². The predicted molar refractivity (Wildman–Crippen MR) is 88.4 cm³/mol. The molecule has 1 aromatic heterocycles. The molecule has 0 fully saturated rings. The molecule has 0 atom stereocenters. The lowest BCUT2D eigenvalue weighted by Crippen LogP contribution is -2.03. The monoisotopic (exact) mass is 305 g/mol. The van der Waals surface area contributed by atoms with Crippen molar-refractivity contribution in [2.24, 2.45) is 0 Å². The molecule has 3 aromatic rings. The Kier molecular flexibility index (Phi) is 3.98. The maximum absolute atomic E-state index is 10.2. The van der Waals surface area contributed by atoms with E-state index in [1.165, 1.54) is 7.11 Å². The number of aromatic nitrogens is 1. The number of aromatic hydroxyl groups is 1. The van der Waals surface area contributed by atoms with Gasteiger partial charge >= 0.3 is 0 Å². The summed E-state index contributed by atoms with van der Waals surface area (Å²) in [5.41, 5.74) is 2.67. The third-order valence-electron chi connectivity index (χ3n) is 3.65. The van der Waals surface area contributed by atoms with Gasteiger partial charge in [0.2, 0.25) is 0 Å². The summed E-state index contributed by atoms with van der Waals surface area (Å²) in [6, 6.07) is 15.1. The first kappa shape index (κ1) is 14.7. The van der Waals surface area contributed by atoms with Crippen molar-refractivity contribution < 1.29 is 9.84 Å². The third-order valence-corrected chi connectivity index (χ3v) is 3.65. The van der Waals surface area contributed by atoms with Gasteiger partial charge in [0.05, 0.1) is 23.9 Å². The molecule has 0 amide bonds. The van der Waals surface area contributed by atoms with Crippen LogP contribution in [0, 0.1) is 11.3 Å². The second kappa shape index (κ2) is 6.24. The number of hydrogen-bond acceptors (Lipinski definition) is 5. The number of nitriles is 1. The Balaban J connectivity index is 1.98. The van der Waals surface area contributed by atoms with Crippen molar-refractivity contribution in [3.8, 4) is 17.6 Å². The second-order valence-electron chi connectivity index (χ2n) is 5.00. The van der Waals surface area contributed by atoms with Gasteiger partial charge in [-0.15, -0.1) is 0 Å². The smallest absolute Gasteiger partial charge is 0.162 e. The van der Waals surface area contributed by atoms with Crippen molar-refractivity contribution in [2.75, 3.05) is 12.4 Å². The summed E-state index contributed by atoms with van der Waals surface area (Å²) in [7, 11) is 1.51. The van der Waals surface area contributed by atoms with E-state index in [0.717, 1.165) is 10.9 Å². The van der Waals surface area contributed by atoms with E-state index in [9.17, 15) is 10.4 Å². The summed E-state index contributed by atoms with van der Waals surface area (Å²) in [6.07, 6.45) is 1.55. The van der Waals surface area contributed by atoms with Gasteiger partial charge in [-0.1, -0.05) is 30.3 Å². The fourth-order valence-electron chi connectivity index (χ4n) is 2.48. The number of phenols is 1. The highest BCUT2D eigenvalue weighted by Crippen LogP contribution is 2.31. The summed E-state index contributed by atoms with van der Waals surface area (Å²) < 4.78 is 5.11. The molecule has 0 spiro atoms. The molecular formula is C18H15N3O2. The maximum Gasteiger partial charge on any atom is 0.162 e. The van der Waals surface area contributed by atoms with Crippen molar-refractivity contribution in [3.63, 3.8) is 0 Å². The molecule has 0 bridgehead atoms. The lowest BCUT2D eigenvalue weighted by molar-refractivity contribution is 0.371. The summed E-state index contributed by atoms with van der Waals surface area (Å²) in [4.78, 5) is 4.28. The summed E-state index contributed by atoms with van der Waals surface area (Å²) in [5.74, 6) is 0.517. The van der Waals surface area contributed by atoms with Crippen LogP contribution in [0.3, 0.4) is 0 Å². The number of hydrogen-bond donors (Lipinski definition) is 2. The Morgan fingerprint density at radius 1 is 1.22 bits per heavy atom. The normalized spacial score (nSPS) is 10.3. The average molecular weight is 305 g/mol. The number of para-hydroxylation sites is 2. The Morgan fingerprint density at radius 2 is 2.04 bits per heavy atom. The first-order valence-corrected chi connectivity index (χ1v) is 7.11. The van der Waals surface area contributed by atoms with E-state index in [0.29, 0.717) is 29.1 Å². The minimum atomic E-state index is 0.0966. The largest absolute Gasteiger partial charge is 0.504 e. The first-order valence-electron chi connectivity index (χ1n) is 7.11. The van der Waals surface area contributed by atoms with E-state index in [1.54, 1.807) is 18.3 Å². The number of nitrogens with zero attached hydrogens (tertiary/aromatic N) is 2. The van der Waals surface area contributed by atoms with E-state index in [2.05, 4.69) is 16.4 Å². The van der Waals surface area contributed by atoms with E-state index in [4.69, 9.17) is 4.74 Å². The summed E-state index contributed by atoms with van der Waals surface area (Å²) >= 11 is 0. The number of anilines is 1. The molecule has 0 unspecified atom stereocenters. The number of nitrogens with one attached hydrogen (secondary N) is 1. The van der Waals surface area contributed by atoms with Crippen molar-refractivity contribution >= 4 is 16.6 Å². The number of ether oxygens (including phenoxy) is 1. The van der Waals surface area contributed by atoms with Crippen molar-refractivity contribution in [2.45, 2.75) is 6.54 Å². The zero-order valence-corrected chi connectivity index (χ0v) is 12.6. The van der Waals surface area contributed by atoms with Crippen LogP contribution >= 0.6 is 0 Å². The van der Waals surface area contributed by atoms with Crippen LogP contribution in [0.4, 0.5) is 5.69 Å². The molecule has 1 heterocycles. The molecule has 0 radical (unpaired) electrons. The van der Waals surface area contributed by atoms with Gasteiger partial charge in [-0.2, -0.15) is 5.26 Å². The van der Waals surface area contributed by atoms with Crippen LogP contribution in [-0.4, -0.2) is 17.2 Å². The average Bonchev–Trinajstić information content (AvgIpc) is 2.60. The first-order chi connectivity index (χ1) is 11.2. The number of rotatable bonds is 4. The van der Waals surface area contributed by atoms with Crippen LogP contribution in [0.2, 0.25) is 0 Å². The third kappa shape index (κ3) is 2.74. The van der Waals surface area contributed by atoms with E-state index < -0.39 is 0 Å². The molecule has 2 N–H and O–H groups in total.